The van der Waals surface area contributed by atoms with Gasteiger partial charge in [0.15, 0.2) is 0 Å². The minimum Gasteiger partial charge on any atom is -0.473 e. The molecule has 0 aliphatic carbocycles. The van der Waals surface area contributed by atoms with E-state index >= 15 is 0 Å². The highest BCUT2D eigenvalue weighted by molar-refractivity contribution is 7.13. The van der Waals surface area contributed by atoms with Crippen molar-refractivity contribution in [3.8, 4) is 5.19 Å². The van der Waals surface area contributed by atoms with Gasteiger partial charge in [0.1, 0.15) is 0 Å². The smallest absolute Gasteiger partial charge is 0.273 e. The normalized spacial score (nSPS) is 12.9. The zero-order valence-electron chi connectivity index (χ0n) is 7.11. The van der Waals surface area contributed by atoms with Gasteiger partial charge in [-0.1, -0.05) is 18.3 Å². The maximum Gasteiger partial charge on any atom is 0.273 e. The van der Waals surface area contributed by atoms with E-state index in [2.05, 4.69) is 9.82 Å². The van der Waals surface area contributed by atoms with Gasteiger partial charge in [-0.05, 0) is 0 Å². The molecule has 0 aromatic carbocycles. The highest BCUT2D eigenvalue weighted by Gasteiger charge is 2.09. The van der Waals surface area contributed by atoms with Crippen LogP contribution in [0.15, 0.2) is 6.20 Å². The molecule has 0 saturated heterocycles. The Bertz CT molecular complexity index is 239. The summed E-state index contributed by atoms with van der Waals surface area (Å²) < 4.78 is 4.96. The molecule has 5 heteroatoms. The number of aromatic nitrogens is 1. The van der Waals surface area contributed by atoms with Crippen molar-refractivity contribution in [2.45, 2.75) is 12.8 Å². The zero-order valence-corrected chi connectivity index (χ0v) is 7.93. The second kappa shape index (κ2) is 4.39. The van der Waals surface area contributed by atoms with Crippen molar-refractivity contribution in [1.29, 1.82) is 0 Å². The Morgan fingerprint density at radius 3 is 3.00 bits per heavy atom. The first-order valence-electron chi connectivity index (χ1n) is 3.59. The molecule has 0 saturated carbocycles. The zero-order chi connectivity index (χ0) is 8.97. The van der Waals surface area contributed by atoms with Crippen molar-refractivity contribution < 1.29 is 9.57 Å². The Kier molecular flexibility index (Phi) is 3.46. The van der Waals surface area contributed by atoms with E-state index in [1.54, 1.807) is 13.3 Å². The van der Waals surface area contributed by atoms with E-state index in [4.69, 9.17) is 10.6 Å². The van der Waals surface area contributed by atoms with E-state index in [0.29, 0.717) is 11.8 Å². The van der Waals surface area contributed by atoms with E-state index in [1.165, 1.54) is 11.3 Å². The Labute approximate surface area is 75.3 Å². The molecule has 0 radical (unpaired) electrons. The predicted molar refractivity (Wildman–Crippen MR) is 47.2 cm³/mol. The van der Waals surface area contributed by atoms with Gasteiger partial charge < -0.3 is 9.57 Å². The molecular weight excluding hydrogens is 176 g/mol. The van der Waals surface area contributed by atoms with E-state index in [9.17, 15) is 0 Å². The van der Waals surface area contributed by atoms with Gasteiger partial charge in [-0.25, -0.2) is 10.9 Å². The Balaban J connectivity index is 2.61. The summed E-state index contributed by atoms with van der Waals surface area (Å²) in [5.41, 5.74) is 0. The van der Waals surface area contributed by atoms with Crippen LogP contribution in [-0.2, 0) is 4.84 Å². The Hall–Kier alpha value is -0.650. The third-order valence-electron chi connectivity index (χ3n) is 1.51. The molecule has 68 valence electrons. The van der Waals surface area contributed by atoms with Crippen molar-refractivity contribution in [2.24, 2.45) is 5.90 Å². The predicted octanol–water partition coefficient (Wildman–Crippen LogP) is 1.15. The minimum atomic E-state index is 0.274. The largest absolute Gasteiger partial charge is 0.473 e. The molecule has 1 rings (SSSR count). The standard InChI is InChI=1S/C7H12N2O2S/c1-5(4-11-8)6-3-9-7(10-2)12-6/h3,5H,4,8H2,1-2H3. The van der Waals surface area contributed by atoms with Crippen LogP contribution in [0.5, 0.6) is 5.19 Å². The monoisotopic (exact) mass is 188 g/mol. The lowest BCUT2D eigenvalue weighted by Gasteiger charge is -2.04. The maximum absolute atomic E-state index is 4.96. The number of rotatable bonds is 4. The highest BCUT2D eigenvalue weighted by atomic mass is 32.1. The van der Waals surface area contributed by atoms with Gasteiger partial charge in [-0.2, -0.15) is 0 Å². The lowest BCUT2D eigenvalue weighted by Crippen LogP contribution is -2.07. The number of thiazole rings is 1. The van der Waals surface area contributed by atoms with Crippen LogP contribution < -0.4 is 10.6 Å². The Morgan fingerprint density at radius 2 is 2.50 bits per heavy atom. The van der Waals surface area contributed by atoms with Gasteiger partial charge in [0, 0.05) is 17.0 Å². The number of hydrogen-bond donors (Lipinski definition) is 1. The van der Waals surface area contributed by atoms with Crippen LogP contribution in [0.4, 0.5) is 0 Å². The quantitative estimate of drug-likeness (QED) is 0.720. The minimum absolute atomic E-state index is 0.274. The molecule has 4 nitrogen and oxygen atoms in total. The first kappa shape index (κ1) is 9.44. The molecule has 1 heterocycles. The summed E-state index contributed by atoms with van der Waals surface area (Å²) in [5, 5.41) is 0.675. The first-order valence-corrected chi connectivity index (χ1v) is 4.41. The van der Waals surface area contributed by atoms with Crippen LogP contribution >= 0.6 is 11.3 Å². The maximum atomic E-state index is 4.96. The lowest BCUT2D eigenvalue weighted by molar-refractivity contribution is 0.127. The fourth-order valence-corrected chi connectivity index (χ4v) is 1.58. The molecule has 0 bridgehead atoms. The first-order chi connectivity index (χ1) is 5.77. The third kappa shape index (κ3) is 2.17. The molecule has 1 atom stereocenters. The number of nitrogens with two attached hydrogens (primary N) is 1. The topological polar surface area (TPSA) is 57.4 Å². The summed E-state index contributed by atoms with van der Waals surface area (Å²) in [5.74, 6) is 5.23. The van der Waals surface area contributed by atoms with Crippen molar-refractivity contribution >= 4 is 11.3 Å². The van der Waals surface area contributed by atoms with Crippen molar-refractivity contribution in [3.05, 3.63) is 11.1 Å². The van der Waals surface area contributed by atoms with Crippen molar-refractivity contribution in [2.75, 3.05) is 13.7 Å². The number of nitrogens with zero attached hydrogens (tertiary/aromatic N) is 1. The summed E-state index contributed by atoms with van der Waals surface area (Å²) in [6.07, 6.45) is 1.78. The Morgan fingerprint density at radius 1 is 1.75 bits per heavy atom. The number of hydrogen-bond acceptors (Lipinski definition) is 5. The van der Waals surface area contributed by atoms with Gasteiger partial charge in [-0.3, -0.25) is 0 Å². The van der Waals surface area contributed by atoms with Gasteiger partial charge in [0.05, 0.1) is 13.7 Å². The molecule has 2 N–H and O–H groups in total. The van der Waals surface area contributed by atoms with E-state index < -0.39 is 0 Å². The van der Waals surface area contributed by atoms with Gasteiger partial charge in [0.2, 0.25) is 0 Å². The number of ether oxygens (including phenoxy) is 1. The molecule has 1 aromatic rings. The summed E-state index contributed by atoms with van der Waals surface area (Å²) in [6.45, 7) is 2.53. The third-order valence-corrected chi connectivity index (χ3v) is 2.70. The van der Waals surface area contributed by atoms with Crippen LogP contribution in [0.2, 0.25) is 0 Å². The van der Waals surface area contributed by atoms with E-state index in [1.807, 2.05) is 6.92 Å². The van der Waals surface area contributed by atoms with Gasteiger partial charge >= 0.3 is 0 Å². The van der Waals surface area contributed by atoms with E-state index in [0.717, 1.165) is 4.88 Å². The SMILES string of the molecule is COc1ncc(C(C)CON)s1. The fraction of sp³-hybridized carbons (Fsp3) is 0.571. The van der Waals surface area contributed by atoms with Crippen molar-refractivity contribution in [1.82, 2.24) is 4.98 Å². The highest BCUT2D eigenvalue weighted by Crippen LogP contribution is 2.26. The molecule has 0 aliphatic heterocycles. The van der Waals surface area contributed by atoms with Crippen LogP contribution in [0.25, 0.3) is 0 Å². The molecule has 1 aromatic heterocycles. The van der Waals surface area contributed by atoms with Crippen LogP contribution in [0, 0.1) is 0 Å². The molecule has 12 heavy (non-hydrogen) atoms. The lowest BCUT2D eigenvalue weighted by atomic mass is 10.2. The fourth-order valence-electron chi connectivity index (χ4n) is 0.819. The van der Waals surface area contributed by atoms with E-state index in [-0.39, 0.29) is 5.92 Å². The van der Waals surface area contributed by atoms with Crippen molar-refractivity contribution in [3.63, 3.8) is 0 Å². The molecule has 0 aliphatic rings. The van der Waals surface area contributed by atoms with Gasteiger partial charge in [-0.15, -0.1) is 0 Å². The summed E-state index contributed by atoms with van der Waals surface area (Å²) >= 11 is 1.51. The van der Waals surface area contributed by atoms with Gasteiger partial charge in [0.25, 0.3) is 5.19 Å². The second-order valence-corrected chi connectivity index (χ2v) is 3.49. The number of methoxy groups -OCH3 is 1. The second-order valence-electron chi connectivity index (χ2n) is 2.47. The average Bonchev–Trinajstić information content (AvgIpc) is 2.52. The van der Waals surface area contributed by atoms with Crippen LogP contribution in [0.1, 0.15) is 17.7 Å². The van der Waals surface area contributed by atoms with Crippen LogP contribution in [-0.4, -0.2) is 18.7 Å². The summed E-state index contributed by atoms with van der Waals surface area (Å²) in [4.78, 5) is 9.70. The molecule has 0 spiro atoms. The average molecular weight is 188 g/mol. The molecule has 1 unspecified atom stereocenters. The summed E-state index contributed by atoms with van der Waals surface area (Å²) in [6, 6.07) is 0. The molecule has 0 fully saturated rings. The molecule has 0 amide bonds. The van der Waals surface area contributed by atoms with Crippen LogP contribution in [0.3, 0.4) is 0 Å². The molecular formula is C7H12N2O2S. The summed E-state index contributed by atoms with van der Waals surface area (Å²) in [7, 11) is 1.60.